The number of hydrogen-bond acceptors (Lipinski definition) is 3. The molecule has 0 radical (unpaired) electrons. The van der Waals surface area contributed by atoms with Crippen molar-refractivity contribution < 1.29 is 45.8 Å². The minimum atomic E-state index is -4.68. The van der Waals surface area contributed by atoms with Gasteiger partial charge < -0.3 is 9.84 Å². The number of carboxylic acid groups (broad SMARTS) is 1. The van der Waals surface area contributed by atoms with Crippen LogP contribution in [0.1, 0.15) is 46.5 Å². The van der Waals surface area contributed by atoms with Crippen LogP contribution in [-0.2, 0) is 14.3 Å². The van der Waals surface area contributed by atoms with Crippen molar-refractivity contribution in [1.29, 1.82) is 0 Å². The van der Waals surface area contributed by atoms with Gasteiger partial charge in [-0.15, -0.1) is 0 Å². The molecular weight excluding hydrogens is 346 g/mol. The highest BCUT2D eigenvalue weighted by Gasteiger charge is 2.41. The van der Waals surface area contributed by atoms with E-state index in [0.717, 1.165) is 0 Å². The molecular formula is C14H20F6O4. The van der Waals surface area contributed by atoms with E-state index in [2.05, 4.69) is 0 Å². The van der Waals surface area contributed by atoms with Gasteiger partial charge in [-0.3, -0.25) is 9.59 Å². The Morgan fingerprint density at radius 1 is 0.875 bits per heavy atom. The zero-order valence-electron chi connectivity index (χ0n) is 13.4. The average molecular weight is 366 g/mol. The van der Waals surface area contributed by atoms with Crippen LogP contribution in [0.15, 0.2) is 0 Å². The molecule has 0 aliphatic rings. The SMILES string of the molecule is CC(C)(C)OC(=O)[C@@H](CCC(F)(F)F)C(CCC(F)(F)F)C(=O)O. The molecule has 2 atom stereocenters. The van der Waals surface area contributed by atoms with Gasteiger partial charge in [-0.1, -0.05) is 0 Å². The molecule has 0 aromatic carbocycles. The molecule has 0 rings (SSSR count). The maximum atomic E-state index is 12.4. The topological polar surface area (TPSA) is 63.6 Å². The van der Waals surface area contributed by atoms with Gasteiger partial charge in [0.2, 0.25) is 0 Å². The number of alkyl halides is 6. The molecule has 1 unspecified atom stereocenters. The minimum Gasteiger partial charge on any atom is -0.481 e. The lowest BCUT2D eigenvalue weighted by Crippen LogP contribution is -2.36. The Balaban J connectivity index is 5.34. The standard InChI is InChI=1S/C14H20F6O4/c1-12(2,3)24-11(23)9(5-7-14(18,19)20)8(10(21)22)4-6-13(15,16)17/h8-9H,4-7H2,1-3H3,(H,21,22)/t8?,9-/m0/s1. The lowest BCUT2D eigenvalue weighted by Gasteiger charge is -2.27. The van der Waals surface area contributed by atoms with E-state index in [4.69, 9.17) is 9.84 Å². The molecule has 24 heavy (non-hydrogen) atoms. The molecule has 0 fully saturated rings. The number of carbonyl (C=O) groups is 2. The van der Waals surface area contributed by atoms with Gasteiger partial charge in [-0.2, -0.15) is 26.3 Å². The predicted octanol–water partition coefficient (Wildman–Crippen LogP) is 4.33. The van der Waals surface area contributed by atoms with E-state index >= 15 is 0 Å². The molecule has 0 bridgehead atoms. The minimum absolute atomic E-state index is 0.951. The molecule has 0 amide bonds. The molecule has 10 heteroatoms. The summed E-state index contributed by atoms with van der Waals surface area (Å²) in [7, 11) is 0. The summed E-state index contributed by atoms with van der Waals surface area (Å²) in [6.45, 7) is 4.24. The molecule has 0 aromatic heterocycles. The number of carboxylic acids is 1. The summed E-state index contributed by atoms with van der Waals surface area (Å²) in [5, 5.41) is 9.06. The van der Waals surface area contributed by atoms with E-state index in [9.17, 15) is 35.9 Å². The van der Waals surface area contributed by atoms with Crippen molar-refractivity contribution >= 4 is 11.9 Å². The summed E-state index contributed by atoms with van der Waals surface area (Å²) in [6.07, 6.45) is -14.3. The average Bonchev–Trinajstić information content (AvgIpc) is 2.27. The van der Waals surface area contributed by atoms with E-state index in [-0.39, 0.29) is 0 Å². The van der Waals surface area contributed by atoms with Crippen LogP contribution in [0.5, 0.6) is 0 Å². The first-order valence-corrected chi connectivity index (χ1v) is 7.11. The second-order valence-corrected chi connectivity index (χ2v) is 6.39. The maximum Gasteiger partial charge on any atom is 0.389 e. The quantitative estimate of drug-likeness (QED) is 0.538. The number of halogens is 6. The fourth-order valence-electron chi connectivity index (χ4n) is 2.00. The number of rotatable bonds is 7. The smallest absolute Gasteiger partial charge is 0.389 e. The molecule has 142 valence electrons. The van der Waals surface area contributed by atoms with Crippen LogP contribution in [-0.4, -0.2) is 35.0 Å². The highest BCUT2D eigenvalue weighted by atomic mass is 19.4. The number of ether oxygens (including phenoxy) is 1. The van der Waals surface area contributed by atoms with Gasteiger partial charge in [0.05, 0.1) is 11.8 Å². The van der Waals surface area contributed by atoms with Crippen LogP contribution in [0.2, 0.25) is 0 Å². The fraction of sp³-hybridized carbons (Fsp3) is 0.857. The van der Waals surface area contributed by atoms with Gasteiger partial charge in [0.25, 0.3) is 0 Å². The van der Waals surface area contributed by atoms with Crippen molar-refractivity contribution in [3.8, 4) is 0 Å². The van der Waals surface area contributed by atoms with Crippen LogP contribution in [0.25, 0.3) is 0 Å². The number of carbonyl (C=O) groups excluding carboxylic acids is 1. The van der Waals surface area contributed by atoms with Crippen molar-refractivity contribution in [2.24, 2.45) is 11.8 Å². The number of hydrogen-bond donors (Lipinski definition) is 1. The third kappa shape index (κ3) is 10.3. The summed E-state index contributed by atoms with van der Waals surface area (Å²) < 4.78 is 78.9. The fourth-order valence-corrected chi connectivity index (χ4v) is 2.00. The lowest BCUT2D eigenvalue weighted by atomic mass is 9.84. The molecule has 4 nitrogen and oxygen atoms in total. The number of esters is 1. The second kappa shape index (κ2) is 8.06. The van der Waals surface area contributed by atoms with Crippen LogP contribution in [0.3, 0.4) is 0 Å². The monoisotopic (exact) mass is 366 g/mol. The third-order valence-electron chi connectivity index (χ3n) is 2.99. The zero-order chi connectivity index (χ0) is 19.3. The van der Waals surface area contributed by atoms with E-state index in [1.807, 2.05) is 0 Å². The lowest BCUT2D eigenvalue weighted by molar-refractivity contribution is -0.174. The van der Waals surface area contributed by atoms with Crippen molar-refractivity contribution in [2.75, 3.05) is 0 Å². The third-order valence-corrected chi connectivity index (χ3v) is 2.99. The first kappa shape index (κ1) is 22.5. The van der Waals surface area contributed by atoms with Crippen molar-refractivity contribution in [3.63, 3.8) is 0 Å². The Labute approximate surface area is 135 Å². The Morgan fingerprint density at radius 2 is 1.25 bits per heavy atom. The van der Waals surface area contributed by atoms with Crippen molar-refractivity contribution in [1.82, 2.24) is 0 Å². The Kier molecular flexibility index (Phi) is 7.57. The van der Waals surface area contributed by atoms with Gasteiger partial charge in [0.15, 0.2) is 0 Å². The first-order chi connectivity index (χ1) is 10.5. The largest absolute Gasteiger partial charge is 0.481 e. The summed E-state index contributed by atoms with van der Waals surface area (Å²) >= 11 is 0. The van der Waals surface area contributed by atoms with Gasteiger partial charge >= 0.3 is 24.3 Å². The molecule has 0 spiro atoms. The van der Waals surface area contributed by atoms with Crippen LogP contribution in [0, 0.1) is 11.8 Å². The van der Waals surface area contributed by atoms with Crippen LogP contribution >= 0.6 is 0 Å². The normalized spacial score (nSPS) is 15.7. The van der Waals surface area contributed by atoms with Gasteiger partial charge in [-0.25, -0.2) is 0 Å². The Morgan fingerprint density at radius 3 is 1.54 bits per heavy atom. The highest BCUT2D eigenvalue weighted by molar-refractivity contribution is 5.81. The predicted molar refractivity (Wildman–Crippen MR) is 71.0 cm³/mol. The maximum absolute atomic E-state index is 12.4. The molecule has 0 aliphatic heterocycles. The molecule has 0 aromatic rings. The van der Waals surface area contributed by atoms with Gasteiger partial charge in [0, 0.05) is 12.8 Å². The van der Waals surface area contributed by atoms with Crippen LogP contribution in [0.4, 0.5) is 26.3 Å². The van der Waals surface area contributed by atoms with E-state index in [0.29, 0.717) is 0 Å². The summed E-state index contributed by atoms with van der Waals surface area (Å²) in [6, 6.07) is 0. The molecule has 0 saturated carbocycles. The van der Waals surface area contributed by atoms with E-state index < -0.39 is 67.4 Å². The molecule has 1 N–H and O–H groups in total. The zero-order valence-corrected chi connectivity index (χ0v) is 13.4. The summed E-state index contributed by atoms with van der Waals surface area (Å²) in [5.41, 5.74) is -1.11. The number of aliphatic carboxylic acids is 1. The Hall–Kier alpha value is -1.48. The highest BCUT2D eigenvalue weighted by Crippen LogP contribution is 2.33. The first-order valence-electron chi connectivity index (χ1n) is 7.11. The molecule has 0 heterocycles. The van der Waals surface area contributed by atoms with Gasteiger partial charge in [0.1, 0.15) is 5.60 Å². The Bertz CT molecular complexity index is 436. The van der Waals surface area contributed by atoms with Crippen LogP contribution < -0.4 is 0 Å². The summed E-state index contributed by atoms with van der Waals surface area (Å²) in [4.78, 5) is 23.2. The molecule has 0 aliphatic carbocycles. The molecule has 0 saturated heterocycles. The van der Waals surface area contributed by atoms with Gasteiger partial charge in [-0.05, 0) is 33.6 Å². The van der Waals surface area contributed by atoms with Crippen molar-refractivity contribution in [3.05, 3.63) is 0 Å². The summed E-state index contributed by atoms with van der Waals surface area (Å²) in [5.74, 6) is -6.74. The van der Waals surface area contributed by atoms with Crippen molar-refractivity contribution in [2.45, 2.75) is 64.4 Å². The second-order valence-electron chi connectivity index (χ2n) is 6.39. The van der Waals surface area contributed by atoms with E-state index in [1.54, 1.807) is 0 Å². The van der Waals surface area contributed by atoms with E-state index in [1.165, 1.54) is 20.8 Å².